The molecule has 3 nitrogen and oxygen atoms in total. The number of hydrogen-bond donors (Lipinski definition) is 1. The molecule has 1 aliphatic carbocycles. The van der Waals surface area contributed by atoms with Crippen LogP contribution in [0.4, 0.5) is 4.39 Å². The van der Waals surface area contributed by atoms with Gasteiger partial charge < -0.3 is 5.11 Å². The van der Waals surface area contributed by atoms with Crippen molar-refractivity contribution in [3.05, 3.63) is 54.1 Å². The van der Waals surface area contributed by atoms with Crippen LogP contribution in [0.2, 0.25) is 0 Å². The molecule has 2 rings (SSSR count). The highest BCUT2D eigenvalue weighted by atomic mass is 19.1. The zero-order chi connectivity index (χ0) is 13.2. The lowest BCUT2D eigenvalue weighted by Crippen LogP contribution is -2.35. The molecule has 1 aliphatic rings. The van der Waals surface area contributed by atoms with Gasteiger partial charge in [-0.1, -0.05) is 42.5 Å². The van der Waals surface area contributed by atoms with E-state index < -0.39 is 17.6 Å². The Morgan fingerprint density at radius 3 is 2.61 bits per heavy atom. The van der Waals surface area contributed by atoms with Crippen molar-refractivity contribution >= 4 is 11.5 Å². The minimum absolute atomic E-state index is 0.603. The van der Waals surface area contributed by atoms with E-state index in [1.54, 1.807) is 24.3 Å². The zero-order valence-corrected chi connectivity index (χ0v) is 9.38. The van der Waals surface area contributed by atoms with Gasteiger partial charge in [-0.05, 0) is 17.2 Å². The summed E-state index contributed by atoms with van der Waals surface area (Å²) in [6.45, 7) is 0. The molecule has 1 N–H and O–H groups in total. The van der Waals surface area contributed by atoms with Crippen molar-refractivity contribution < 1.29 is 14.3 Å². The highest BCUT2D eigenvalue weighted by Gasteiger charge is 2.43. The topological polar surface area (TPSA) is 61.1 Å². The molecule has 0 radical (unpaired) electrons. The fraction of sp³-hybridized carbons (Fsp3) is 0.143. The lowest BCUT2D eigenvalue weighted by atomic mass is 9.82. The number of nitrogens with zero attached hydrogens (tertiary/aromatic N) is 1. The quantitative estimate of drug-likeness (QED) is 0.868. The minimum atomic E-state index is -2.48. The number of alkyl halides is 1. The number of hydrogen-bond acceptors (Lipinski definition) is 2. The molecule has 0 aromatic heterocycles. The van der Waals surface area contributed by atoms with Gasteiger partial charge in [0.15, 0.2) is 0 Å². The van der Waals surface area contributed by atoms with E-state index in [1.807, 2.05) is 6.07 Å². The summed E-state index contributed by atoms with van der Waals surface area (Å²) in [5, 5.41) is 17.8. The maximum absolute atomic E-state index is 14.0. The Labute approximate surface area is 103 Å². The molecular weight excluding hydrogens is 233 g/mol. The Balaban J connectivity index is 2.44. The lowest BCUT2D eigenvalue weighted by Gasteiger charge is -2.23. The molecule has 0 bridgehead atoms. The number of carbonyl (C=O) groups is 1. The average molecular weight is 243 g/mol. The van der Waals surface area contributed by atoms with Crippen molar-refractivity contribution in [3.63, 3.8) is 0 Å². The van der Waals surface area contributed by atoms with E-state index in [2.05, 4.69) is 0 Å². The van der Waals surface area contributed by atoms with E-state index in [-0.39, 0.29) is 0 Å². The first-order chi connectivity index (χ1) is 8.57. The van der Waals surface area contributed by atoms with Crippen LogP contribution in [0.5, 0.6) is 0 Å². The molecule has 0 amide bonds. The normalized spacial score (nSPS) is 26.2. The molecule has 0 saturated heterocycles. The van der Waals surface area contributed by atoms with Gasteiger partial charge in [0.2, 0.25) is 5.67 Å². The van der Waals surface area contributed by atoms with Crippen LogP contribution in [0.3, 0.4) is 0 Å². The summed E-state index contributed by atoms with van der Waals surface area (Å²) >= 11 is 0. The molecule has 2 unspecified atom stereocenters. The Hall–Kier alpha value is -2.41. The summed E-state index contributed by atoms with van der Waals surface area (Å²) < 4.78 is 14.0. The van der Waals surface area contributed by atoms with Crippen LogP contribution >= 0.6 is 0 Å². The third-order valence-electron chi connectivity index (χ3n) is 2.85. The number of carboxylic acid groups (broad SMARTS) is 1. The molecule has 0 saturated carbocycles. The van der Waals surface area contributed by atoms with E-state index in [1.165, 1.54) is 18.2 Å². The van der Waals surface area contributed by atoms with Gasteiger partial charge in [0.05, 0.1) is 0 Å². The number of benzene rings is 1. The summed E-state index contributed by atoms with van der Waals surface area (Å²) in [5.41, 5.74) is -1.09. The van der Waals surface area contributed by atoms with E-state index in [0.29, 0.717) is 5.57 Å². The number of nitriles is 1. The van der Waals surface area contributed by atoms with Gasteiger partial charge >= 0.3 is 5.97 Å². The summed E-state index contributed by atoms with van der Waals surface area (Å²) in [6, 6.07) is 10.4. The second kappa shape index (κ2) is 4.46. The van der Waals surface area contributed by atoms with Gasteiger partial charge in [-0.2, -0.15) is 5.26 Å². The summed E-state index contributed by atoms with van der Waals surface area (Å²) in [5.74, 6) is -2.83. The van der Waals surface area contributed by atoms with Crippen molar-refractivity contribution in [2.24, 2.45) is 5.92 Å². The van der Waals surface area contributed by atoms with Gasteiger partial charge in [-0.3, -0.25) is 4.79 Å². The largest absolute Gasteiger partial charge is 0.481 e. The van der Waals surface area contributed by atoms with Gasteiger partial charge in [-0.25, -0.2) is 4.39 Å². The molecule has 1 aromatic rings. The average Bonchev–Trinajstić information content (AvgIpc) is 2.40. The third kappa shape index (κ3) is 2.03. The van der Waals surface area contributed by atoms with Crippen molar-refractivity contribution in [3.8, 4) is 6.07 Å². The third-order valence-corrected chi connectivity index (χ3v) is 2.85. The summed E-state index contributed by atoms with van der Waals surface area (Å²) in [6.07, 6.45) is 3.73. The van der Waals surface area contributed by atoms with Crippen molar-refractivity contribution in [1.82, 2.24) is 0 Å². The van der Waals surface area contributed by atoms with Crippen LogP contribution in [0, 0.1) is 17.2 Å². The van der Waals surface area contributed by atoms with Crippen molar-refractivity contribution in [1.29, 1.82) is 5.26 Å². The molecule has 0 spiro atoms. The predicted octanol–water partition coefficient (Wildman–Crippen LogP) is 2.57. The Kier molecular flexibility index (Phi) is 2.99. The molecule has 0 fully saturated rings. The van der Waals surface area contributed by atoms with Crippen molar-refractivity contribution in [2.75, 3.05) is 0 Å². The molecule has 4 heteroatoms. The first-order valence-electron chi connectivity index (χ1n) is 5.36. The maximum Gasteiger partial charge on any atom is 0.315 e. The predicted molar refractivity (Wildman–Crippen MR) is 64.1 cm³/mol. The van der Waals surface area contributed by atoms with E-state index >= 15 is 0 Å². The summed E-state index contributed by atoms with van der Waals surface area (Å²) in [7, 11) is 0. The standard InChI is InChI=1S/C14H10FNO2/c15-14(9-16)7-6-11(8-12(14)13(17)18)10-4-2-1-3-5-10/h1-8,12H,(H,17,18). The minimum Gasteiger partial charge on any atom is -0.481 e. The number of allylic oxidation sites excluding steroid dienone is 3. The smallest absolute Gasteiger partial charge is 0.315 e. The van der Waals surface area contributed by atoms with Gasteiger partial charge in [0, 0.05) is 0 Å². The van der Waals surface area contributed by atoms with Crippen LogP contribution in [0.15, 0.2) is 48.6 Å². The molecule has 18 heavy (non-hydrogen) atoms. The van der Waals surface area contributed by atoms with Gasteiger partial charge in [0.1, 0.15) is 12.0 Å². The van der Waals surface area contributed by atoms with Gasteiger partial charge in [0.25, 0.3) is 0 Å². The SMILES string of the molecule is N#CC1(F)C=CC(c2ccccc2)=CC1C(=O)O. The highest BCUT2D eigenvalue weighted by molar-refractivity contribution is 5.84. The number of aliphatic carboxylic acids is 1. The second-order valence-corrected chi connectivity index (χ2v) is 4.02. The van der Waals surface area contributed by atoms with E-state index in [0.717, 1.165) is 11.6 Å². The van der Waals surface area contributed by atoms with Crippen LogP contribution in [0.1, 0.15) is 5.56 Å². The molecule has 0 aliphatic heterocycles. The number of rotatable bonds is 2. The first kappa shape index (κ1) is 12.1. The first-order valence-corrected chi connectivity index (χ1v) is 5.36. The van der Waals surface area contributed by atoms with Crippen LogP contribution in [0.25, 0.3) is 5.57 Å². The fourth-order valence-corrected chi connectivity index (χ4v) is 1.85. The van der Waals surface area contributed by atoms with Crippen molar-refractivity contribution in [2.45, 2.75) is 5.67 Å². The maximum atomic E-state index is 14.0. The Morgan fingerprint density at radius 2 is 2.06 bits per heavy atom. The molecule has 0 heterocycles. The van der Waals surface area contributed by atoms with E-state index in [4.69, 9.17) is 10.4 Å². The van der Waals surface area contributed by atoms with Gasteiger partial charge in [-0.15, -0.1) is 0 Å². The molecule has 1 aromatic carbocycles. The Bertz CT molecular complexity index is 571. The fourth-order valence-electron chi connectivity index (χ4n) is 1.85. The molecule has 2 atom stereocenters. The molecule has 90 valence electrons. The summed E-state index contributed by atoms with van der Waals surface area (Å²) in [4.78, 5) is 11.0. The Morgan fingerprint density at radius 1 is 1.39 bits per heavy atom. The number of carboxylic acids is 1. The van der Waals surface area contributed by atoms with Crippen LogP contribution in [-0.4, -0.2) is 16.7 Å². The lowest BCUT2D eigenvalue weighted by molar-refractivity contribution is -0.142. The number of halogens is 1. The van der Waals surface area contributed by atoms with E-state index in [9.17, 15) is 9.18 Å². The molecular formula is C14H10FNO2. The van der Waals surface area contributed by atoms with Crippen LogP contribution in [-0.2, 0) is 4.79 Å². The zero-order valence-electron chi connectivity index (χ0n) is 9.38. The highest BCUT2D eigenvalue weighted by Crippen LogP contribution is 2.34. The monoisotopic (exact) mass is 243 g/mol. The van der Waals surface area contributed by atoms with Crippen LogP contribution < -0.4 is 0 Å². The second-order valence-electron chi connectivity index (χ2n) is 4.02.